The molecule has 3 fully saturated rings. The molecule has 0 aromatic rings. The third kappa shape index (κ3) is 3.78. The lowest BCUT2D eigenvalue weighted by Gasteiger charge is -2.43. The van der Waals surface area contributed by atoms with Crippen LogP contribution in [0.15, 0.2) is 0 Å². The summed E-state index contributed by atoms with van der Waals surface area (Å²) in [6.07, 6.45) is 9.31. The summed E-state index contributed by atoms with van der Waals surface area (Å²) in [5.74, 6) is 1.14. The van der Waals surface area contributed by atoms with Crippen LogP contribution in [0.1, 0.15) is 58.3 Å². The van der Waals surface area contributed by atoms with Crippen molar-refractivity contribution < 1.29 is 9.90 Å². The molecular formula is C17H30N2O2. The van der Waals surface area contributed by atoms with Crippen molar-refractivity contribution in [2.75, 3.05) is 19.6 Å². The molecule has 3 saturated carbocycles. The van der Waals surface area contributed by atoms with Crippen LogP contribution in [0.3, 0.4) is 0 Å². The molecule has 0 aromatic carbocycles. The minimum atomic E-state index is -0.678. The first-order chi connectivity index (χ1) is 10.1. The molecule has 0 saturated heterocycles. The quantitative estimate of drug-likeness (QED) is 0.722. The third-order valence-electron chi connectivity index (χ3n) is 5.55. The average Bonchev–Trinajstić information content (AvgIpc) is 3.34. The van der Waals surface area contributed by atoms with Gasteiger partial charge in [0, 0.05) is 19.1 Å². The number of likely N-dealkylation sites (N-methyl/N-ethyl adjacent to an activating group) is 1. The predicted molar refractivity (Wildman–Crippen MR) is 83.3 cm³/mol. The summed E-state index contributed by atoms with van der Waals surface area (Å²) in [6, 6.07) is 0.468. The van der Waals surface area contributed by atoms with Crippen molar-refractivity contribution in [3.8, 4) is 0 Å². The van der Waals surface area contributed by atoms with Gasteiger partial charge in [0.25, 0.3) is 0 Å². The Morgan fingerprint density at radius 3 is 2.29 bits per heavy atom. The molecule has 3 rings (SSSR count). The highest BCUT2D eigenvalue weighted by atomic mass is 16.4. The molecule has 2 unspecified atom stereocenters. The highest BCUT2D eigenvalue weighted by Gasteiger charge is 2.44. The fourth-order valence-electron chi connectivity index (χ4n) is 3.96. The van der Waals surface area contributed by atoms with Gasteiger partial charge in [-0.2, -0.15) is 0 Å². The van der Waals surface area contributed by atoms with Gasteiger partial charge in [0.05, 0.1) is 0 Å². The zero-order chi connectivity index (χ0) is 14.9. The molecule has 3 aliphatic rings. The Labute approximate surface area is 128 Å². The largest absolute Gasteiger partial charge is 0.480 e. The van der Waals surface area contributed by atoms with E-state index in [2.05, 4.69) is 10.2 Å². The summed E-state index contributed by atoms with van der Waals surface area (Å²) < 4.78 is 0. The molecule has 0 bridgehead atoms. The van der Waals surface area contributed by atoms with Gasteiger partial charge in [-0.3, -0.25) is 9.69 Å². The third-order valence-corrected chi connectivity index (χ3v) is 5.55. The standard InChI is InChI=1S/C17H30N2O2/c1-2-18-17(16(20)21)9-3-4-15(10-17)19(11-13-5-6-13)12-14-7-8-14/h13-15,18H,2-12H2,1H3,(H,20,21). The van der Waals surface area contributed by atoms with Gasteiger partial charge in [0.1, 0.15) is 5.54 Å². The summed E-state index contributed by atoms with van der Waals surface area (Å²) >= 11 is 0. The number of nitrogens with zero attached hydrogens (tertiary/aromatic N) is 1. The van der Waals surface area contributed by atoms with Crippen LogP contribution in [0.4, 0.5) is 0 Å². The van der Waals surface area contributed by atoms with Crippen LogP contribution >= 0.6 is 0 Å². The molecule has 0 amide bonds. The molecule has 3 aliphatic carbocycles. The van der Waals surface area contributed by atoms with E-state index in [4.69, 9.17) is 0 Å². The number of carboxylic acid groups (broad SMARTS) is 1. The fraction of sp³-hybridized carbons (Fsp3) is 0.941. The zero-order valence-electron chi connectivity index (χ0n) is 13.3. The van der Waals surface area contributed by atoms with Gasteiger partial charge in [0.2, 0.25) is 0 Å². The van der Waals surface area contributed by atoms with Gasteiger partial charge in [-0.05, 0) is 69.7 Å². The SMILES string of the molecule is CCNC1(C(=O)O)CCCC(N(CC2CC2)CC2CC2)C1. The van der Waals surface area contributed by atoms with E-state index in [0.717, 1.165) is 37.6 Å². The Bertz CT molecular complexity index is 361. The first-order valence-corrected chi connectivity index (χ1v) is 8.85. The maximum absolute atomic E-state index is 11.8. The van der Waals surface area contributed by atoms with E-state index in [1.807, 2.05) is 6.92 Å². The summed E-state index contributed by atoms with van der Waals surface area (Å²) in [6.45, 7) is 5.18. The molecule has 0 aliphatic heterocycles. The number of carboxylic acids is 1. The highest BCUT2D eigenvalue weighted by molar-refractivity contribution is 5.79. The van der Waals surface area contributed by atoms with E-state index in [0.29, 0.717) is 6.04 Å². The van der Waals surface area contributed by atoms with E-state index in [9.17, 15) is 9.90 Å². The van der Waals surface area contributed by atoms with E-state index < -0.39 is 11.5 Å². The monoisotopic (exact) mass is 294 g/mol. The predicted octanol–water partition coefficient (Wildman–Crippen LogP) is 2.48. The van der Waals surface area contributed by atoms with E-state index >= 15 is 0 Å². The maximum Gasteiger partial charge on any atom is 0.323 e. The van der Waals surface area contributed by atoms with Crippen LogP contribution in [0.5, 0.6) is 0 Å². The molecule has 0 radical (unpaired) electrons. The molecule has 120 valence electrons. The van der Waals surface area contributed by atoms with Gasteiger partial charge >= 0.3 is 5.97 Å². The first-order valence-electron chi connectivity index (χ1n) is 8.85. The molecule has 0 aromatic heterocycles. The van der Waals surface area contributed by atoms with Crippen molar-refractivity contribution in [2.45, 2.75) is 69.9 Å². The van der Waals surface area contributed by atoms with Crippen molar-refractivity contribution in [1.82, 2.24) is 10.2 Å². The Morgan fingerprint density at radius 2 is 1.81 bits per heavy atom. The lowest BCUT2D eigenvalue weighted by Crippen LogP contribution is -2.58. The topological polar surface area (TPSA) is 52.6 Å². The van der Waals surface area contributed by atoms with Crippen LogP contribution in [-0.2, 0) is 4.79 Å². The van der Waals surface area contributed by atoms with Crippen molar-refractivity contribution in [3.63, 3.8) is 0 Å². The second kappa shape index (κ2) is 6.25. The molecule has 21 heavy (non-hydrogen) atoms. The minimum absolute atomic E-state index is 0.468. The lowest BCUT2D eigenvalue weighted by atomic mass is 9.78. The van der Waals surface area contributed by atoms with Crippen molar-refractivity contribution in [1.29, 1.82) is 0 Å². The first kappa shape index (κ1) is 15.3. The highest BCUT2D eigenvalue weighted by Crippen LogP contribution is 2.38. The Hall–Kier alpha value is -0.610. The van der Waals surface area contributed by atoms with Crippen LogP contribution < -0.4 is 5.32 Å². The van der Waals surface area contributed by atoms with Gasteiger partial charge in [-0.1, -0.05) is 6.92 Å². The normalized spacial score (nSPS) is 33.3. The smallest absolute Gasteiger partial charge is 0.323 e. The maximum atomic E-state index is 11.8. The molecular weight excluding hydrogens is 264 g/mol. The molecule has 4 nitrogen and oxygen atoms in total. The number of aliphatic carboxylic acids is 1. The number of hydrogen-bond acceptors (Lipinski definition) is 3. The number of nitrogens with one attached hydrogen (secondary N) is 1. The number of carbonyl (C=O) groups is 1. The summed E-state index contributed by atoms with van der Waals surface area (Å²) in [4.78, 5) is 14.5. The Kier molecular flexibility index (Phi) is 4.55. The van der Waals surface area contributed by atoms with Gasteiger partial charge < -0.3 is 10.4 Å². The van der Waals surface area contributed by atoms with Gasteiger partial charge in [-0.15, -0.1) is 0 Å². The van der Waals surface area contributed by atoms with Crippen LogP contribution in [0, 0.1) is 11.8 Å². The Balaban J connectivity index is 1.67. The molecule has 0 spiro atoms. The van der Waals surface area contributed by atoms with Crippen LogP contribution in [0.25, 0.3) is 0 Å². The Morgan fingerprint density at radius 1 is 1.19 bits per heavy atom. The van der Waals surface area contributed by atoms with E-state index in [1.165, 1.54) is 45.2 Å². The molecule has 2 N–H and O–H groups in total. The second-order valence-corrected chi connectivity index (χ2v) is 7.51. The lowest BCUT2D eigenvalue weighted by molar-refractivity contribution is -0.147. The molecule has 0 heterocycles. The molecule has 4 heteroatoms. The van der Waals surface area contributed by atoms with Crippen molar-refractivity contribution >= 4 is 5.97 Å². The summed E-state index contributed by atoms with van der Waals surface area (Å²) in [5.41, 5.74) is -0.678. The van der Waals surface area contributed by atoms with Crippen LogP contribution in [-0.4, -0.2) is 47.2 Å². The number of hydrogen-bond donors (Lipinski definition) is 2. The van der Waals surface area contributed by atoms with Gasteiger partial charge in [-0.25, -0.2) is 0 Å². The van der Waals surface area contributed by atoms with Crippen molar-refractivity contribution in [3.05, 3.63) is 0 Å². The van der Waals surface area contributed by atoms with Crippen molar-refractivity contribution in [2.24, 2.45) is 11.8 Å². The van der Waals surface area contributed by atoms with Crippen LogP contribution in [0.2, 0.25) is 0 Å². The van der Waals surface area contributed by atoms with E-state index in [-0.39, 0.29) is 0 Å². The zero-order valence-corrected chi connectivity index (χ0v) is 13.3. The fourth-order valence-corrected chi connectivity index (χ4v) is 3.96. The van der Waals surface area contributed by atoms with E-state index in [1.54, 1.807) is 0 Å². The summed E-state index contributed by atoms with van der Waals surface area (Å²) in [5, 5.41) is 13.0. The molecule has 2 atom stereocenters. The summed E-state index contributed by atoms with van der Waals surface area (Å²) in [7, 11) is 0. The average molecular weight is 294 g/mol. The van der Waals surface area contributed by atoms with Gasteiger partial charge in [0.15, 0.2) is 0 Å². The minimum Gasteiger partial charge on any atom is -0.480 e. The second-order valence-electron chi connectivity index (χ2n) is 7.51. The number of rotatable bonds is 8.